The Morgan fingerprint density at radius 3 is 2.73 bits per heavy atom. The van der Waals surface area contributed by atoms with Gasteiger partial charge in [0.1, 0.15) is 5.78 Å². The van der Waals surface area contributed by atoms with Crippen LogP contribution in [0.4, 0.5) is 0 Å². The number of likely N-dealkylation sites (tertiary alicyclic amines) is 1. The predicted molar refractivity (Wildman–Crippen MR) is 45.5 cm³/mol. The summed E-state index contributed by atoms with van der Waals surface area (Å²) in [5.41, 5.74) is 0. The summed E-state index contributed by atoms with van der Waals surface area (Å²) in [6, 6.07) is 0.446. The molecule has 1 aliphatic heterocycles. The maximum atomic E-state index is 11.2. The van der Waals surface area contributed by atoms with Crippen molar-refractivity contribution in [2.24, 2.45) is 5.92 Å². The van der Waals surface area contributed by atoms with E-state index in [1.807, 2.05) is 6.92 Å². The summed E-state index contributed by atoms with van der Waals surface area (Å²) in [4.78, 5) is 13.6. The fraction of sp³-hybridized carbons (Fsp3) is 0.889. The Morgan fingerprint density at radius 2 is 2.18 bits per heavy atom. The zero-order chi connectivity index (χ0) is 8.43. The van der Waals surface area contributed by atoms with Crippen LogP contribution < -0.4 is 0 Å². The lowest BCUT2D eigenvalue weighted by Crippen LogP contribution is -2.46. The minimum Gasteiger partial charge on any atom is -0.300 e. The average Bonchev–Trinajstić information content (AvgIpc) is 2.01. The summed E-state index contributed by atoms with van der Waals surface area (Å²) in [5, 5.41) is 0. The van der Waals surface area contributed by atoms with Crippen LogP contribution in [0, 0.1) is 5.92 Å². The first-order chi connectivity index (χ1) is 5.16. The molecule has 0 N–H and O–H groups in total. The monoisotopic (exact) mass is 155 g/mol. The lowest BCUT2D eigenvalue weighted by molar-refractivity contribution is -0.127. The molecule has 0 spiro atoms. The van der Waals surface area contributed by atoms with E-state index in [0.29, 0.717) is 11.8 Å². The van der Waals surface area contributed by atoms with Crippen molar-refractivity contribution in [3.05, 3.63) is 0 Å². The van der Waals surface area contributed by atoms with Crippen LogP contribution in [0.2, 0.25) is 0 Å². The van der Waals surface area contributed by atoms with Crippen LogP contribution >= 0.6 is 0 Å². The van der Waals surface area contributed by atoms with Crippen molar-refractivity contribution in [2.45, 2.75) is 33.2 Å². The van der Waals surface area contributed by atoms with Gasteiger partial charge in [-0.3, -0.25) is 9.69 Å². The molecule has 0 amide bonds. The first-order valence-corrected chi connectivity index (χ1v) is 4.43. The molecule has 64 valence electrons. The van der Waals surface area contributed by atoms with Crippen molar-refractivity contribution < 1.29 is 4.79 Å². The van der Waals surface area contributed by atoms with Gasteiger partial charge in [0.25, 0.3) is 0 Å². The number of Topliss-reactive ketones (excluding diaryl/α,β-unsaturated/α-hetero) is 1. The Morgan fingerprint density at radius 1 is 1.55 bits per heavy atom. The largest absolute Gasteiger partial charge is 0.300 e. The quantitative estimate of drug-likeness (QED) is 0.569. The number of rotatable bonds is 1. The number of hydrogen-bond acceptors (Lipinski definition) is 2. The summed E-state index contributed by atoms with van der Waals surface area (Å²) in [5.74, 6) is 0.672. The van der Waals surface area contributed by atoms with Gasteiger partial charge >= 0.3 is 0 Å². The molecule has 11 heavy (non-hydrogen) atoms. The SMILES string of the molecule is CCN1CCC(=O)C(C)C1C. The summed E-state index contributed by atoms with van der Waals surface area (Å²) in [7, 11) is 0. The van der Waals surface area contributed by atoms with Crippen LogP contribution in [-0.4, -0.2) is 29.8 Å². The maximum Gasteiger partial charge on any atom is 0.138 e. The zero-order valence-electron chi connectivity index (χ0n) is 7.63. The van der Waals surface area contributed by atoms with Crippen molar-refractivity contribution in [1.82, 2.24) is 4.90 Å². The van der Waals surface area contributed by atoms with E-state index in [-0.39, 0.29) is 5.92 Å². The molecular formula is C9H17NO. The van der Waals surface area contributed by atoms with Crippen LogP contribution in [0.1, 0.15) is 27.2 Å². The molecule has 0 aromatic carbocycles. The van der Waals surface area contributed by atoms with Crippen LogP contribution in [0.15, 0.2) is 0 Å². The number of nitrogens with zero attached hydrogens (tertiary/aromatic N) is 1. The molecule has 0 aromatic rings. The third-order valence-corrected chi connectivity index (χ3v) is 2.86. The standard InChI is InChI=1S/C9H17NO/c1-4-10-6-5-9(11)7(2)8(10)3/h7-8H,4-6H2,1-3H3. The van der Waals surface area contributed by atoms with Gasteiger partial charge in [-0.15, -0.1) is 0 Å². The summed E-state index contributed by atoms with van der Waals surface area (Å²) >= 11 is 0. The van der Waals surface area contributed by atoms with E-state index in [1.54, 1.807) is 0 Å². The number of ketones is 1. The van der Waals surface area contributed by atoms with Crippen molar-refractivity contribution in [3.63, 3.8) is 0 Å². The van der Waals surface area contributed by atoms with E-state index < -0.39 is 0 Å². The Labute approximate surface area is 68.6 Å². The fourth-order valence-electron chi connectivity index (χ4n) is 1.72. The van der Waals surface area contributed by atoms with E-state index in [1.165, 1.54) is 0 Å². The third kappa shape index (κ3) is 1.62. The van der Waals surface area contributed by atoms with Gasteiger partial charge in [-0.2, -0.15) is 0 Å². The summed E-state index contributed by atoms with van der Waals surface area (Å²) in [6.45, 7) is 8.36. The minimum atomic E-state index is 0.240. The molecule has 2 nitrogen and oxygen atoms in total. The lowest BCUT2D eigenvalue weighted by Gasteiger charge is -2.35. The van der Waals surface area contributed by atoms with E-state index >= 15 is 0 Å². The van der Waals surface area contributed by atoms with Crippen molar-refractivity contribution in [3.8, 4) is 0 Å². The van der Waals surface area contributed by atoms with E-state index in [2.05, 4.69) is 18.7 Å². The topological polar surface area (TPSA) is 20.3 Å². The molecule has 2 heteroatoms. The van der Waals surface area contributed by atoms with Gasteiger partial charge in [0, 0.05) is 24.9 Å². The lowest BCUT2D eigenvalue weighted by atomic mass is 9.91. The Kier molecular flexibility index (Phi) is 2.66. The first kappa shape index (κ1) is 8.72. The van der Waals surface area contributed by atoms with Crippen molar-refractivity contribution >= 4 is 5.78 Å². The molecule has 0 bridgehead atoms. The van der Waals surface area contributed by atoms with Crippen LogP contribution in [0.5, 0.6) is 0 Å². The van der Waals surface area contributed by atoms with Gasteiger partial charge in [-0.1, -0.05) is 13.8 Å². The second kappa shape index (κ2) is 3.35. The second-order valence-corrected chi connectivity index (χ2v) is 3.37. The molecule has 1 rings (SSSR count). The predicted octanol–water partition coefficient (Wildman–Crippen LogP) is 1.31. The molecule has 0 saturated carbocycles. The van der Waals surface area contributed by atoms with E-state index in [4.69, 9.17) is 0 Å². The van der Waals surface area contributed by atoms with Crippen LogP contribution in [-0.2, 0) is 4.79 Å². The third-order valence-electron chi connectivity index (χ3n) is 2.86. The summed E-state index contributed by atoms with van der Waals surface area (Å²) in [6.07, 6.45) is 0.749. The van der Waals surface area contributed by atoms with Crippen LogP contribution in [0.25, 0.3) is 0 Å². The molecule has 0 aromatic heterocycles. The molecular weight excluding hydrogens is 138 g/mol. The summed E-state index contributed by atoms with van der Waals surface area (Å²) < 4.78 is 0. The second-order valence-electron chi connectivity index (χ2n) is 3.37. The Balaban J connectivity index is 2.59. The highest BCUT2D eigenvalue weighted by molar-refractivity contribution is 5.82. The molecule has 0 aliphatic carbocycles. The Hall–Kier alpha value is -0.370. The number of hydrogen-bond donors (Lipinski definition) is 0. The Bertz CT molecular complexity index is 156. The zero-order valence-corrected chi connectivity index (χ0v) is 7.63. The maximum absolute atomic E-state index is 11.2. The highest BCUT2D eigenvalue weighted by Crippen LogP contribution is 2.19. The molecule has 0 radical (unpaired) electrons. The molecule has 1 saturated heterocycles. The molecule has 1 fully saturated rings. The highest BCUT2D eigenvalue weighted by Gasteiger charge is 2.29. The van der Waals surface area contributed by atoms with Gasteiger partial charge < -0.3 is 0 Å². The minimum absolute atomic E-state index is 0.240. The van der Waals surface area contributed by atoms with E-state index in [9.17, 15) is 4.79 Å². The molecule has 2 unspecified atom stereocenters. The van der Waals surface area contributed by atoms with Gasteiger partial charge in [-0.25, -0.2) is 0 Å². The number of carbonyl (C=O) groups is 1. The highest BCUT2D eigenvalue weighted by atomic mass is 16.1. The van der Waals surface area contributed by atoms with Crippen LogP contribution in [0.3, 0.4) is 0 Å². The van der Waals surface area contributed by atoms with Gasteiger partial charge in [0.05, 0.1) is 0 Å². The van der Waals surface area contributed by atoms with Gasteiger partial charge in [0.15, 0.2) is 0 Å². The van der Waals surface area contributed by atoms with Crippen molar-refractivity contribution in [1.29, 1.82) is 0 Å². The molecule has 1 heterocycles. The van der Waals surface area contributed by atoms with Gasteiger partial charge in [-0.05, 0) is 13.5 Å². The van der Waals surface area contributed by atoms with E-state index in [0.717, 1.165) is 19.5 Å². The average molecular weight is 155 g/mol. The smallest absolute Gasteiger partial charge is 0.138 e. The van der Waals surface area contributed by atoms with Crippen molar-refractivity contribution in [2.75, 3.05) is 13.1 Å². The number of carbonyl (C=O) groups excluding carboxylic acids is 1. The molecule has 1 aliphatic rings. The fourth-order valence-corrected chi connectivity index (χ4v) is 1.72. The molecule has 2 atom stereocenters. The first-order valence-electron chi connectivity index (χ1n) is 4.43. The van der Waals surface area contributed by atoms with Gasteiger partial charge in [0.2, 0.25) is 0 Å². The normalized spacial score (nSPS) is 34.3. The number of piperidine rings is 1.